The van der Waals surface area contributed by atoms with Crippen molar-refractivity contribution in [2.45, 2.75) is 0 Å². The highest BCUT2D eigenvalue weighted by atomic mass is 16.5. The van der Waals surface area contributed by atoms with Gasteiger partial charge in [-0.25, -0.2) is 4.79 Å². The van der Waals surface area contributed by atoms with E-state index in [0.29, 0.717) is 30.2 Å². The molecule has 7 nitrogen and oxygen atoms in total. The molecule has 1 aromatic heterocycles. The lowest BCUT2D eigenvalue weighted by molar-refractivity contribution is 0.0691. The molecular formula is C12H13N3O4. The van der Waals surface area contributed by atoms with Crippen molar-refractivity contribution in [1.82, 2.24) is 15.4 Å². The van der Waals surface area contributed by atoms with Crippen molar-refractivity contribution in [3.8, 4) is 17.0 Å². The first kappa shape index (κ1) is 13.0. The molecule has 0 spiro atoms. The van der Waals surface area contributed by atoms with Crippen molar-refractivity contribution in [3.05, 3.63) is 30.0 Å². The number of aromatic carboxylic acids is 1. The topological polar surface area (TPSA) is 97.3 Å². The van der Waals surface area contributed by atoms with Gasteiger partial charge >= 0.3 is 5.97 Å². The predicted molar refractivity (Wildman–Crippen MR) is 66.1 cm³/mol. The van der Waals surface area contributed by atoms with E-state index in [0.717, 1.165) is 0 Å². The lowest BCUT2D eigenvalue weighted by atomic mass is 10.1. The zero-order valence-electron chi connectivity index (χ0n) is 10.3. The molecule has 0 aliphatic heterocycles. The number of ether oxygens (including phenoxy) is 2. The van der Waals surface area contributed by atoms with Crippen molar-refractivity contribution in [1.29, 1.82) is 0 Å². The third-order valence-electron chi connectivity index (χ3n) is 2.43. The summed E-state index contributed by atoms with van der Waals surface area (Å²) in [6, 6.07) is 6.94. The number of aromatic nitrogens is 3. The fraction of sp³-hybridized carbons (Fsp3) is 0.250. The average Bonchev–Trinajstić information content (AvgIpc) is 2.89. The van der Waals surface area contributed by atoms with Gasteiger partial charge in [0.2, 0.25) is 0 Å². The normalized spacial score (nSPS) is 10.4. The van der Waals surface area contributed by atoms with Crippen molar-refractivity contribution < 1.29 is 19.4 Å². The van der Waals surface area contributed by atoms with Gasteiger partial charge in [-0.1, -0.05) is 0 Å². The molecule has 19 heavy (non-hydrogen) atoms. The van der Waals surface area contributed by atoms with E-state index in [-0.39, 0.29) is 5.69 Å². The Labute approximate surface area is 109 Å². The summed E-state index contributed by atoms with van der Waals surface area (Å²) in [6.45, 7) is 0.967. The Morgan fingerprint density at radius 1 is 1.26 bits per heavy atom. The van der Waals surface area contributed by atoms with Crippen LogP contribution in [0.25, 0.3) is 11.3 Å². The number of methoxy groups -OCH3 is 1. The number of benzene rings is 1. The van der Waals surface area contributed by atoms with Gasteiger partial charge < -0.3 is 14.6 Å². The van der Waals surface area contributed by atoms with Gasteiger partial charge in [-0.3, -0.25) is 0 Å². The van der Waals surface area contributed by atoms with Gasteiger partial charge in [0, 0.05) is 12.7 Å². The maximum Gasteiger partial charge on any atom is 0.358 e. The lowest BCUT2D eigenvalue weighted by Crippen LogP contribution is -2.04. The number of carbonyl (C=O) groups is 1. The second-order valence-electron chi connectivity index (χ2n) is 3.69. The SMILES string of the molecule is COCCOc1ccc(-c2n[nH]nc2C(=O)O)cc1. The first-order valence-corrected chi connectivity index (χ1v) is 5.58. The summed E-state index contributed by atoms with van der Waals surface area (Å²) in [5.74, 6) is -0.439. The number of hydrogen-bond acceptors (Lipinski definition) is 5. The predicted octanol–water partition coefficient (Wildman–Crippen LogP) is 1.20. The fourth-order valence-electron chi connectivity index (χ4n) is 1.53. The molecular weight excluding hydrogens is 250 g/mol. The van der Waals surface area contributed by atoms with E-state index in [1.165, 1.54) is 0 Å². The number of hydrogen-bond donors (Lipinski definition) is 2. The second-order valence-corrected chi connectivity index (χ2v) is 3.69. The zero-order chi connectivity index (χ0) is 13.7. The van der Waals surface area contributed by atoms with Crippen LogP contribution in [0.2, 0.25) is 0 Å². The summed E-state index contributed by atoms with van der Waals surface area (Å²) in [7, 11) is 1.60. The zero-order valence-corrected chi connectivity index (χ0v) is 10.3. The summed E-state index contributed by atoms with van der Waals surface area (Å²) >= 11 is 0. The van der Waals surface area contributed by atoms with E-state index < -0.39 is 5.97 Å². The Bertz CT molecular complexity index is 550. The Morgan fingerprint density at radius 2 is 2.00 bits per heavy atom. The van der Waals surface area contributed by atoms with Gasteiger partial charge in [0.25, 0.3) is 0 Å². The molecule has 0 aliphatic rings. The number of nitrogens with zero attached hydrogens (tertiary/aromatic N) is 2. The molecule has 1 heterocycles. The molecule has 7 heteroatoms. The standard InChI is InChI=1S/C12H13N3O4/c1-18-6-7-19-9-4-2-8(3-5-9)10-11(12(16)17)14-15-13-10/h2-5H,6-7H2,1H3,(H,16,17)(H,13,14,15). The molecule has 0 unspecified atom stereocenters. The number of rotatable bonds is 6. The van der Waals surface area contributed by atoms with Crippen LogP contribution < -0.4 is 4.74 Å². The molecule has 0 aliphatic carbocycles. The highest BCUT2D eigenvalue weighted by molar-refractivity contribution is 5.92. The van der Waals surface area contributed by atoms with Crippen molar-refractivity contribution in [2.75, 3.05) is 20.3 Å². The molecule has 100 valence electrons. The Kier molecular flexibility index (Phi) is 4.09. The summed E-state index contributed by atoms with van der Waals surface area (Å²) in [5.41, 5.74) is 0.856. The highest BCUT2D eigenvalue weighted by Crippen LogP contribution is 2.22. The summed E-state index contributed by atoms with van der Waals surface area (Å²) in [4.78, 5) is 10.9. The summed E-state index contributed by atoms with van der Waals surface area (Å²) in [6.07, 6.45) is 0. The van der Waals surface area contributed by atoms with Gasteiger partial charge in [0.05, 0.1) is 6.61 Å². The molecule has 2 N–H and O–H groups in total. The van der Waals surface area contributed by atoms with Crippen LogP contribution >= 0.6 is 0 Å². The molecule has 0 bridgehead atoms. The van der Waals surface area contributed by atoms with Crippen LogP contribution in [0.1, 0.15) is 10.5 Å². The third kappa shape index (κ3) is 3.08. The summed E-state index contributed by atoms with van der Waals surface area (Å²) in [5, 5.41) is 18.7. The van der Waals surface area contributed by atoms with Gasteiger partial charge in [-0.15, -0.1) is 5.10 Å². The molecule has 0 fully saturated rings. The molecule has 2 aromatic rings. The molecule has 0 radical (unpaired) electrons. The number of carboxylic acid groups (broad SMARTS) is 1. The molecule has 0 saturated carbocycles. The number of aromatic amines is 1. The first-order chi connectivity index (χ1) is 9.22. The van der Waals surface area contributed by atoms with E-state index in [9.17, 15) is 4.79 Å². The Hall–Kier alpha value is -2.41. The maximum absolute atomic E-state index is 10.9. The minimum absolute atomic E-state index is 0.104. The van der Waals surface area contributed by atoms with Crippen LogP contribution in [0, 0.1) is 0 Å². The molecule has 0 atom stereocenters. The van der Waals surface area contributed by atoms with E-state index in [4.69, 9.17) is 14.6 Å². The lowest BCUT2D eigenvalue weighted by Gasteiger charge is -2.05. The smallest absolute Gasteiger partial charge is 0.358 e. The fourth-order valence-corrected chi connectivity index (χ4v) is 1.53. The molecule has 0 saturated heterocycles. The number of H-pyrrole nitrogens is 1. The van der Waals surface area contributed by atoms with Gasteiger partial charge in [-0.2, -0.15) is 10.3 Å². The third-order valence-corrected chi connectivity index (χ3v) is 2.43. The number of carboxylic acids is 1. The average molecular weight is 263 g/mol. The largest absolute Gasteiger partial charge is 0.491 e. The van der Waals surface area contributed by atoms with E-state index in [1.54, 1.807) is 31.4 Å². The Morgan fingerprint density at radius 3 is 2.63 bits per heavy atom. The van der Waals surface area contributed by atoms with E-state index in [1.807, 2.05) is 0 Å². The van der Waals surface area contributed by atoms with Crippen LogP contribution in [-0.4, -0.2) is 46.8 Å². The van der Waals surface area contributed by atoms with Crippen LogP contribution in [0.4, 0.5) is 0 Å². The van der Waals surface area contributed by atoms with E-state index in [2.05, 4.69) is 15.4 Å². The van der Waals surface area contributed by atoms with Gasteiger partial charge in [0.15, 0.2) is 5.69 Å². The second kappa shape index (κ2) is 5.96. The van der Waals surface area contributed by atoms with Crippen LogP contribution in [0.5, 0.6) is 5.75 Å². The van der Waals surface area contributed by atoms with Crippen molar-refractivity contribution in [3.63, 3.8) is 0 Å². The van der Waals surface area contributed by atoms with E-state index >= 15 is 0 Å². The molecule has 2 rings (SSSR count). The van der Waals surface area contributed by atoms with Crippen LogP contribution in [0.3, 0.4) is 0 Å². The van der Waals surface area contributed by atoms with Crippen LogP contribution in [-0.2, 0) is 4.74 Å². The molecule has 1 aromatic carbocycles. The highest BCUT2D eigenvalue weighted by Gasteiger charge is 2.16. The minimum atomic E-state index is -1.12. The Balaban J connectivity index is 2.13. The van der Waals surface area contributed by atoms with Crippen LogP contribution in [0.15, 0.2) is 24.3 Å². The first-order valence-electron chi connectivity index (χ1n) is 5.58. The molecule has 0 amide bonds. The van der Waals surface area contributed by atoms with Gasteiger partial charge in [-0.05, 0) is 24.3 Å². The number of nitrogens with one attached hydrogen (secondary N) is 1. The van der Waals surface area contributed by atoms with Crippen molar-refractivity contribution >= 4 is 5.97 Å². The van der Waals surface area contributed by atoms with Gasteiger partial charge in [0.1, 0.15) is 18.1 Å². The quantitative estimate of drug-likeness (QED) is 0.760. The monoisotopic (exact) mass is 263 g/mol. The summed E-state index contributed by atoms with van der Waals surface area (Å²) < 4.78 is 10.3. The van der Waals surface area contributed by atoms with Crippen molar-refractivity contribution in [2.24, 2.45) is 0 Å². The maximum atomic E-state index is 10.9. The minimum Gasteiger partial charge on any atom is -0.491 e.